The number of nitrogens with zero attached hydrogens (tertiary/aromatic N) is 5. The number of aliphatic imine (C=N–C) groups is 1. The highest BCUT2D eigenvalue weighted by atomic mass is 127. The van der Waals surface area contributed by atoms with Gasteiger partial charge in [-0.3, -0.25) is 0 Å². The number of ether oxygens (including phenoxy) is 2. The molecule has 176 valence electrons. The second-order valence-corrected chi connectivity index (χ2v) is 8.67. The number of likely N-dealkylation sites (tertiary alicyclic amines) is 1. The first-order valence-electron chi connectivity index (χ1n) is 12.0. The number of aromatic nitrogens is 3. The Kier molecular flexibility index (Phi) is 10.3. The number of aryl methyl sites for hydroxylation is 1. The van der Waals surface area contributed by atoms with Gasteiger partial charge in [0.15, 0.2) is 11.8 Å². The fourth-order valence-electron chi connectivity index (χ4n) is 4.65. The maximum atomic E-state index is 6.17. The lowest BCUT2D eigenvalue weighted by Gasteiger charge is -2.35. The van der Waals surface area contributed by atoms with Gasteiger partial charge in [0.05, 0.1) is 18.8 Å². The van der Waals surface area contributed by atoms with Crippen molar-refractivity contribution in [2.75, 3.05) is 32.8 Å². The average molecular weight is 546 g/mol. The highest BCUT2D eigenvalue weighted by Gasteiger charge is 2.24. The predicted octanol–water partition coefficient (Wildman–Crippen LogP) is 3.14. The largest absolute Gasteiger partial charge is 0.376 e. The molecule has 9 heteroatoms. The van der Waals surface area contributed by atoms with E-state index >= 15 is 0 Å². The van der Waals surface area contributed by atoms with Gasteiger partial charge in [0.25, 0.3) is 0 Å². The second kappa shape index (κ2) is 12.9. The van der Waals surface area contributed by atoms with Crippen LogP contribution in [0.5, 0.6) is 0 Å². The van der Waals surface area contributed by atoms with Gasteiger partial charge in [0, 0.05) is 39.2 Å². The molecule has 0 aliphatic carbocycles. The van der Waals surface area contributed by atoms with Crippen LogP contribution in [0.2, 0.25) is 0 Å². The number of hydrogen-bond donors (Lipinski definition) is 1. The summed E-state index contributed by atoms with van der Waals surface area (Å²) in [6, 6.07) is 0. The second-order valence-electron chi connectivity index (χ2n) is 8.67. The van der Waals surface area contributed by atoms with Crippen molar-refractivity contribution in [3.8, 4) is 0 Å². The molecule has 0 aromatic carbocycles. The minimum Gasteiger partial charge on any atom is -0.376 e. The first-order valence-corrected chi connectivity index (χ1v) is 12.0. The average Bonchev–Trinajstić information content (AvgIpc) is 3.02. The van der Waals surface area contributed by atoms with Crippen molar-refractivity contribution in [3.63, 3.8) is 0 Å². The fourth-order valence-corrected chi connectivity index (χ4v) is 4.65. The summed E-state index contributed by atoms with van der Waals surface area (Å²) in [4.78, 5) is 7.27. The molecule has 4 rings (SSSR count). The summed E-state index contributed by atoms with van der Waals surface area (Å²) >= 11 is 0. The topological polar surface area (TPSA) is 76.8 Å². The molecule has 1 aromatic heterocycles. The molecule has 0 bridgehead atoms. The Morgan fingerprint density at radius 2 is 1.97 bits per heavy atom. The zero-order chi connectivity index (χ0) is 20.6. The van der Waals surface area contributed by atoms with Crippen molar-refractivity contribution < 1.29 is 9.47 Å². The van der Waals surface area contributed by atoms with E-state index in [1.165, 1.54) is 32.1 Å². The highest BCUT2D eigenvalue weighted by molar-refractivity contribution is 14.0. The molecule has 1 N–H and O–H groups in total. The summed E-state index contributed by atoms with van der Waals surface area (Å²) in [5, 5.41) is 12.3. The molecule has 2 fully saturated rings. The van der Waals surface area contributed by atoms with Gasteiger partial charge in [-0.25, -0.2) is 4.99 Å². The Labute approximate surface area is 203 Å². The number of rotatable bonds is 6. The summed E-state index contributed by atoms with van der Waals surface area (Å²) in [6.45, 7) is 8.19. The third-order valence-corrected chi connectivity index (χ3v) is 6.42. The van der Waals surface area contributed by atoms with Crippen LogP contribution in [0.1, 0.15) is 69.9 Å². The summed E-state index contributed by atoms with van der Waals surface area (Å²) in [5.74, 6) is 3.10. The van der Waals surface area contributed by atoms with Crippen molar-refractivity contribution in [3.05, 3.63) is 11.6 Å². The molecule has 0 radical (unpaired) electrons. The molecule has 1 aromatic rings. The van der Waals surface area contributed by atoms with Gasteiger partial charge in [-0.1, -0.05) is 6.42 Å². The van der Waals surface area contributed by atoms with Crippen LogP contribution in [-0.2, 0) is 29.0 Å². The van der Waals surface area contributed by atoms with E-state index in [2.05, 4.69) is 31.9 Å². The quantitative estimate of drug-likeness (QED) is 0.336. The maximum absolute atomic E-state index is 6.17. The summed E-state index contributed by atoms with van der Waals surface area (Å²) in [7, 11) is 0. The molecule has 1 unspecified atom stereocenters. The SMILES string of the molecule is CCNC(=NCc1nnc2n1CCCCC2)N1CCC(OCC2CCCCO2)CC1.I. The number of fused-ring (bicyclic) bond motifs is 1. The fraction of sp³-hybridized carbons (Fsp3) is 0.864. The van der Waals surface area contributed by atoms with Gasteiger partial charge in [0.2, 0.25) is 0 Å². The van der Waals surface area contributed by atoms with Gasteiger partial charge in [-0.15, -0.1) is 34.2 Å². The van der Waals surface area contributed by atoms with Crippen LogP contribution in [0.3, 0.4) is 0 Å². The van der Waals surface area contributed by atoms with Crippen molar-refractivity contribution in [2.24, 2.45) is 4.99 Å². The van der Waals surface area contributed by atoms with Crippen molar-refractivity contribution in [1.82, 2.24) is 25.0 Å². The van der Waals surface area contributed by atoms with Gasteiger partial charge in [-0.05, 0) is 51.9 Å². The van der Waals surface area contributed by atoms with Crippen LogP contribution in [-0.4, -0.2) is 70.7 Å². The highest BCUT2D eigenvalue weighted by Crippen LogP contribution is 2.19. The monoisotopic (exact) mass is 546 g/mol. The molecule has 1 atom stereocenters. The van der Waals surface area contributed by atoms with Crippen LogP contribution in [0.25, 0.3) is 0 Å². The van der Waals surface area contributed by atoms with Gasteiger partial charge in [0.1, 0.15) is 12.4 Å². The minimum absolute atomic E-state index is 0. The van der Waals surface area contributed by atoms with Crippen LogP contribution in [0.4, 0.5) is 0 Å². The van der Waals surface area contributed by atoms with E-state index in [9.17, 15) is 0 Å². The van der Waals surface area contributed by atoms with Gasteiger partial charge >= 0.3 is 0 Å². The molecule has 2 saturated heterocycles. The molecular formula is C22H39IN6O2. The number of nitrogens with one attached hydrogen (secondary N) is 1. The summed E-state index contributed by atoms with van der Waals surface area (Å²) in [6.07, 6.45) is 11.1. The van der Waals surface area contributed by atoms with Crippen LogP contribution in [0, 0.1) is 0 Å². The first kappa shape index (κ1) is 24.7. The first-order chi connectivity index (χ1) is 14.8. The van der Waals surface area contributed by atoms with Crippen molar-refractivity contribution in [1.29, 1.82) is 0 Å². The van der Waals surface area contributed by atoms with Crippen LogP contribution < -0.4 is 5.32 Å². The Bertz CT molecular complexity index is 684. The van der Waals surface area contributed by atoms with E-state index < -0.39 is 0 Å². The molecule has 0 saturated carbocycles. The molecule has 31 heavy (non-hydrogen) atoms. The molecule has 8 nitrogen and oxygen atoms in total. The number of hydrogen-bond acceptors (Lipinski definition) is 5. The number of halogens is 1. The van der Waals surface area contributed by atoms with E-state index in [0.717, 1.165) is 82.7 Å². The standard InChI is InChI=1S/C22H38N6O2.HI/c1-2-23-22(24-16-21-26-25-20-9-4-3-6-12-28(20)21)27-13-10-18(11-14-27)30-17-19-8-5-7-15-29-19;/h18-19H,2-17H2,1H3,(H,23,24);1H. The van der Waals surface area contributed by atoms with Crippen molar-refractivity contribution in [2.45, 2.75) is 90.0 Å². The Balaban J connectivity index is 0.00000272. The number of piperidine rings is 1. The predicted molar refractivity (Wildman–Crippen MR) is 132 cm³/mol. The van der Waals surface area contributed by atoms with Crippen LogP contribution >= 0.6 is 24.0 Å². The normalized spacial score (nSPS) is 23.1. The van der Waals surface area contributed by atoms with E-state index in [-0.39, 0.29) is 24.0 Å². The lowest BCUT2D eigenvalue weighted by molar-refractivity contribution is -0.0721. The summed E-state index contributed by atoms with van der Waals surface area (Å²) in [5.41, 5.74) is 0. The smallest absolute Gasteiger partial charge is 0.194 e. The molecular weight excluding hydrogens is 507 g/mol. The van der Waals surface area contributed by atoms with E-state index in [1.807, 2.05) is 0 Å². The molecule has 3 aliphatic rings. The van der Waals surface area contributed by atoms with Gasteiger partial charge < -0.3 is 24.3 Å². The lowest BCUT2D eigenvalue weighted by Crippen LogP contribution is -2.47. The molecule has 0 amide bonds. The Morgan fingerprint density at radius 3 is 2.74 bits per heavy atom. The Hall–Kier alpha value is -0.940. The third kappa shape index (κ3) is 7.02. The summed E-state index contributed by atoms with van der Waals surface area (Å²) < 4.78 is 14.3. The third-order valence-electron chi connectivity index (χ3n) is 6.42. The van der Waals surface area contributed by atoms with E-state index in [4.69, 9.17) is 14.5 Å². The zero-order valence-electron chi connectivity index (χ0n) is 18.9. The van der Waals surface area contributed by atoms with Gasteiger partial charge in [-0.2, -0.15) is 0 Å². The molecule has 3 aliphatic heterocycles. The molecule has 0 spiro atoms. The number of guanidine groups is 1. The Morgan fingerprint density at radius 1 is 1.10 bits per heavy atom. The van der Waals surface area contributed by atoms with E-state index in [0.29, 0.717) is 18.8 Å². The van der Waals surface area contributed by atoms with E-state index in [1.54, 1.807) is 0 Å². The zero-order valence-corrected chi connectivity index (χ0v) is 21.3. The van der Waals surface area contributed by atoms with Crippen LogP contribution in [0.15, 0.2) is 4.99 Å². The maximum Gasteiger partial charge on any atom is 0.194 e. The molecule has 4 heterocycles. The lowest BCUT2D eigenvalue weighted by atomic mass is 10.1. The van der Waals surface area contributed by atoms with Crippen molar-refractivity contribution >= 4 is 29.9 Å². The minimum atomic E-state index is 0.